The van der Waals surface area contributed by atoms with Gasteiger partial charge >= 0.3 is 0 Å². The topological polar surface area (TPSA) is 98.9 Å². The van der Waals surface area contributed by atoms with Gasteiger partial charge in [0.15, 0.2) is 0 Å². The molecule has 1 aromatic carbocycles. The molecule has 1 aromatic rings. The van der Waals surface area contributed by atoms with E-state index in [1.165, 1.54) is 50.5 Å². The van der Waals surface area contributed by atoms with Crippen molar-refractivity contribution in [3.8, 4) is 0 Å². The number of likely N-dealkylation sites (N-methyl/N-ethyl adjacent to an activating group) is 1. The van der Waals surface area contributed by atoms with Gasteiger partial charge in [-0.25, -0.2) is 0 Å². The Morgan fingerprint density at radius 2 is 1.85 bits per heavy atom. The number of hydrogen-bond donors (Lipinski definition) is 3. The van der Waals surface area contributed by atoms with Gasteiger partial charge < -0.3 is 21.1 Å². The molecule has 2 bridgehead atoms. The Morgan fingerprint density at radius 1 is 1.15 bits per heavy atom. The van der Waals surface area contributed by atoms with E-state index in [0.29, 0.717) is 29.5 Å². The van der Waals surface area contributed by atoms with Crippen molar-refractivity contribution >= 4 is 11.8 Å². The molecule has 4 atom stereocenters. The van der Waals surface area contributed by atoms with Crippen molar-refractivity contribution in [2.24, 2.45) is 11.7 Å². The van der Waals surface area contributed by atoms with Crippen LogP contribution in [0.2, 0.25) is 0 Å². The summed E-state index contributed by atoms with van der Waals surface area (Å²) in [5.41, 5.74) is 7.32. The summed E-state index contributed by atoms with van der Waals surface area (Å²) in [7, 11) is 1.75. The molecule has 7 nitrogen and oxygen atoms in total. The highest BCUT2D eigenvalue weighted by molar-refractivity contribution is 5.92. The van der Waals surface area contributed by atoms with Crippen LogP contribution in [0, 0.1) is 5.92 Å². The monoisotopic (exact) mass is 470 g/mol. The number of aliphatic hydroxyl groups is 1. The van der Waals surface area contributed by atoms with E-state index in [9.17, 15) is 14.7 Å². The Morgan fingerprint density at radius 3 is 2.47 bits per heavy atom. The van der Waals surface area contributed by atoms with E-state index in [-0.39, 0.29) is 18.4 Å². The highest BCUT2D eigenvalue weighted by Gasteiger charge is 2.41. The zero-order valence-electron chi connectivity index (χ0n) is 20.6. The Hall–Kier alpha value is -1.96. The lowest BCUT2D eigenvalue weighted by Gasteiger charge is -2.41. The third kappa shape index (κ3) is 5.81. The Labute approximate surface area is 204 Å². The zero-order chi connectivity index (χ0) is 24.1. The van der Waals surface area contributed by atoms with Crippen LogP contribution in [0.3, 0.4) is 0 Å². The van der Waals surface area contributed by atoms with E-state index in [4.69, 9.17) is 5.73 Å². The number of nitrogens with one attached hydrogen (secondary N) is 1. The molecule has 4 rings (SSSR count). The summed E-state index contributed by atoms with van der Waals surface area (Å²) in [6, 6.07) is 8.35. The number of primary amides is 1. The average molecular weight is 471 g/mol. The van der Waals surface area contributed by atoms with Gasteiger partial charge in [-0.15, -0.1) is 0 Å². The molecule has 3 aliphatic rings. The maximum absolute atomic E-state index is 13.2. The number of carbonyl (C=O) groups is 2. The fraction of sp³-hybridized carbons (Fsp3) is 0.704. The normalized spacial score (nSPS) is 26.4. The van der Waals surface area contributed by atoms with Crippen LogP contribution < -0.4 is 11.1 Å². The van der Waals surface area contributed by atoms with Gasteiger partial charge in [0, 0.05) is 37.3 Å². The summed E-state index contributed by atoms with van der Waals surface area (Å²) in [6.45, 7) is 2.26. The molecular formula is C27H42N4O3. The van der Waals surface area contributed by atoms with Gasteiger partial charge in [-0.05, 0) is 75.1 Å². The first-order chi connectivity index (χ1) is 16.5. The predicted octanol–water partition coefficient (Wildman–Crippen LogP) is 2.49. The van der Waals surface area contributed by atoms with Crippen molar-refractivity contribution in [2.75, 3.05) is 33.3 Å². The molecule has 0 unspecified atom stereocenters. The molecule has 34 heavy (non-hydrogen) atoms. The molecule has 3 fully saturated rings. The molecule has 2 saturated heterocycles. The number of nitrogens with two attached hydrogens (primary N) is 1. The van der Waals surface area contributed by atoms with Gasteiger partial charge in [0.05, 0.1) is 6.61 Å². The van der Waals surface area contributed by atoms with Gasteiger partial charge in [-0.2, -0.15) is 0 Å². The van der Waals surface area contributed by atoms with E-state index in [0.717, 1.165) is 32.5 Å². The molecule has 188 valence electrons. The molecule has 0 aromatic heterocycles. The van der Waals surface area contributed by atoms with Crippen molar-refractivity contribution in [1.29, 1.82) is 0 Å². The predicted molar refractivity (Wildman–Crippen MR) is 134 cm³/mol. The Kier molecular flexibility index (Phi) is 8.61. The van der Waals surface area contributed by atoms with E-state index >= 15 is 0 Å². The summed E-state index contributed by atoms with van der Waals surface area (Å²) in [4.78, 5) is 29.5. The Balaban J connectivity index is 1.39. The SMILES string of the molecule is CN[C@@H](CO)C(=O)N(CCN1[C@@H]2CC[C@H]1C[C@@H](c1cccc(C(N)=O)c1)C2)CC1CCCCC1. The zero-order valence-corrected chi connectivity index (χ0v) is 20.6. The molecule has 1 aliphatic carbocycles. The molecule has 4 N–H and O–H groups in total. The molecule has 0 spiro atoms. The van der Waals surface area contributed by atoms with Crippen molar-refractivity contribution in [3.05, 3.63) is 35.4 Å². The van der Waals surface area contributed by atoms with Crippen molar-refractivity contribution in [2.45, 2.75) is 81.8 Å². The lowest BCUT2D eigenvalue weighted by molar-refractivity contribution is -0.135. The molecule has 7 heteroatoms. The maximum atomic E-state index is 13.2. The molecule has 0 radical (unpaired) electrons. The van der Waals surface area contributed by atoms with Crippen LogP contribution in [0.25, 0.3) is 0 Å². The summed E-state index contributed by atoms with van der Waals surface area (Å²) in [5, 5.41) is 12.7. The summed E-state index contributed by atoms with van der Waals surface area (Å²) in [6.07, 6.45) is 10.8. The second-order valence-corrected chi connectivity index (χ2v) is 10.6. The van der Waals surface area contributed by atoms with E-state index in [1.54, 1.807) is 13.1 Å². The molecular weight excluding hydrogens is 428 g/mol. The highest BCUT2D eigenvalue weighted by atomic mass is 16.3. The van der Waals surface area contributed by atoms with E-state index in [1.807, 2.05) is 17.0 Å². The van der Waals surface area contributed by atoms with Crippen LogP contribution in [-0.4, -0.2) is 78.1 Å². The first-order valence-corrected chi connectivity index (χ1v) is 13.2. The van der Waals surface area contributed by atoms with Crippen LogP contribution in [0.1, 0.15) is 79.6 Å². The van der Waals surface area contributed by atoms with Crippen LogP contribution in [0.5, 0.6) is 0 Å². The van der Waals surface area contributed by atoms with Gasteiger partial charge in [-0.1, -0.05) is 31.4 Å². The minimum absolute atomic E-state index is 0.0288. The minimum Gasteiger partial charge on any atom is -0.394 e. The molecule has 2 amide bonds. The first-order valence-electron chi connectivity index (χ1n) is 13.2. The number of amides is 2. The number of aliphatic hydroxyl groups excluding tert-OH is 1. The smallest absolute Gasteiger partial charge is 0.248 e. The number of carbonyl (C=O) groups excluding carboxylic acids is 2. The summed E-state index contributed by atoms with van der Waals surface area (Å²) in [5.74, 6) is 0.693. The standard InChI is InChI=1S/C27H42N4O3/c1-29-25(18-32)27(34)30(17-19-6-3-2-4-7-19)12-13-31-23-10-11-24(31)16-22(15-23)20-8-5-9-21(14-20)26(28)33/h5,8-9,14,19,22-25,29,32H,2-4,6-7,10-13,15-18H2,1H3,(H2,28,33)/t22-,23+,24-,25-/m0/s1. The second-order valence-electron chi connectivity index (χ2n) is 10.6. The van der Waals surface area contributed by atoms with Crippen molar-refractivity contribution < 1.29 is 14.7 Å². The molecule has 1 saturated carbocycles. The summed E-state index contributed by atoms with van der Waals surface area (Å²) >= 11 is 0. The Bertz CT molecular complexity index is 823. The first kappa shape index (κ1) is 25.1. The van der Waals surface area contributed by atoms with Crippen LogP contribution in [0.15, 0.2) is 24.3 Å². The molecule has 2 heterocycles. The lowest BCUT2D eigenvalue weighted by atomic mass is 9.84. The number of hydrogen-bond acceptors (Lipinski definition) is 5. The second kappa shape index (κ2) is 11.6. The third-order valence-electron chi connectivity index (χ3n) is 8.50. The number of nitrogens with zero attached hydrogens (tertiary/aromatic N) is 2. The number of fused-ring (bicyclic) bond motifs is 2. The van der Waals surface area contributed by atoms with Gasteiger partial charge in [0.25, 0.3) is 0 Å². The van der Waals surface area contributed by atoms with Crippen LogP contribution in [0.4, 0.5) is 0 Å². The van der Waals surface area contributed by atoms with E-state index < -0.39 is 6.04 Å². The van der Waals surface area contributed by atoms with E-state index in [2.05, 4.69) is 16.3 Å². The van der Waals surface area contributed by atoms with Gasteiger partial charge in [0.1, 0.15) is 6.04 Å². The largest absolute Gasteiger partial charge is 0.394 e. The number of piperidine rings is 1. The third-order valence-corrected chi connectivity index (χ3v) is 8.50. The van der Waals surface area contributed by atoms with Crippen molar-refractivity contribution in [1.82, 2.24) is 15.1 Å². The van der Waals surface area contributed by atoms with Crippen LogP contribution in [-0.2, 0) is 4.79 Å². The maximum Gasteiger partial charge on any atom is 0.248 e. The van der Waals surface area contributed by atoms with Gasteiger partial charge in [-0.3, -0.25) is 14.5 Å². The average Bonchev–Trinajstić information content (AvgIpc) is 3.09. The number of rotatable bonds is 10. The quantitative estimate of drug-likeness (QED) is 0.488. The summed E-state index contributed by atoms with van der Waals surface area (Å²) < 4.78 is 0. The fourth-order valence-corrected chi connectivity index (χ4v) is 6.58. The fourth-order valence-electron chi connectivity index (χ4n) is 6.58. The van der Waals surface area contributed by atoms with Crippen molar-refractivity contribution in [3.63, 3.8) is 0 Å². The molecule has 2 aliphatic heterocycles. The lowest BCUT2D eigenvalue weighted by Crippen LogP contribution is -2.52. The highest BCUT2D eigenvalue weighted by Crippen LogP contribution is 2.43. The minimum atomic E-state index is -0.524. The van der Waals surface area contributed by atoms with Crippen LogP contribution >= 0.6 is 0 Å². The van der Waals surface area contributed by atoms with Gasteiger partial charge in [0.2, 0.25) is 11.8 Å². The number of benzene rings is 1.